The Morgan fingerprint density at radius 2 is 2.27 bits per heavy atom. The highest BCUT2D eigenvalue weighted by atomic mass is 14.9. The number of rotatable bonds is 2. The Bertz CT molecular complexity index is 324. The van der Waals surface area contributed by atoms with Gasteiger partial charge in [0.05, 0.1) is 0 Å². The van der Waals surface area contributed by atoms with E-state index >= 15 is 0 Å². The van der Waals surface area contributed by atoms with E-state index in [9.17, 15) is 0 Å². The van der Waals surface area contributed by atoms with Crippen LogP contribution in [0.4, 0.5) is 0 Å². The largest absolute Gasteiger partial charge is 0.328 e. The number of benzene rings is 1. The van der Waals surface area contributed by atoms with Gasteiger partial charge >= 0.3 is 0 Å². The Morgan fingerprint density at radius 3 is 3.00 bits per heavy atom. The Hall–Kier alpha value is -0.900. The number of nitrogens with one attached hydrogen (secondary N) is 1. The minimum atomic E-state index is 0.331. The van der Waals surface area contributed by atoms with Gasteiger partial charge in [-0.15, -0.1) is 0 Å². The average molecular weight is 205 g/mol. The predicted molar refractivity (Wildman–Crippen MR) is 62.3 cm³/mol. The van der Waals surface area contributed by atoms with Gasteiger partial charge in [0, 0.05) is 18.6 Å². The van der Waals surface area contributed by atoms with Gasteiger partial charge in [-0.05, 0) is 30.5 Å². The molecule has 0 amide bonds. The molecule has 1 aliphatic rings. The summed E-state index contributed by atoms with van der Waals surface area (Å²) in [6.07, 6.45) is 2.10. The van der Waals surface area contributed by atoms with E-state index in [1.54, 1.807) is 0 Å². The minimum absolute atomic E-state index is 0.331. The van der Waals surface area contributed by atoms with Crippen molar-refractivity contribution in [2.75, 3.05) is 6.54 Å². The molecule has 2 atom stereocenters. The van der Waals surface area contributed by atoms with Crippen LogP contribution in [-0.4, -0.2) is 12.6 Å². The molecule has 0 aromatic heterocycles. The van der Waals surface area contributed by atoms with Crippen molar-refractivity contribution in [3.05, 3.63) is 35.4 Å². The molecule has 1 heterocycles. The second-order valence-electron chi connectivity index (χ2n) is 4.24. The van der Waals surface area contributed by atoms with Crippen LogP contribution in [0.5, 0.6) is 0 Å². The first kappa shape index (κ1) is 10.6. The third kappa shape index (κ3) is 2.56. The quantitative estimate of drug-likeness (QED) is 0.672. The topological polar surface area (TPSA) is 64.1 Å². The Kier molecular flexibility index (Phi) is 3.36. The maximum atomic E-state index is 5.97. The molecule has 2 unspecified atom stereocenters. The molecule has 1 aliphatic heterocycles. The summed E-state index contributed by atoms with van der Waals surface area (Å²) in [5.41, 5.74) is 14.1. The zero-order valence-electron chi connectivity index (χ0n) is 8.95. The molecular formula is C12H19N3. The molecule has 1 aromatic rings. The molecule has 1 saturated heterocycles. The fourth-order valence-corrected chi connectivity index (χ4v) is 2.14. The maximum absolute atomic E-state index is 5.97. The first-order chi connectivity index (χ1) is 7.29. The van der Waals surface area contributed by atoms with Gasteiger partial charge in [-0.2, -0.15) is 0 Å². The molecule has 82 valence electrons. The van der Waals surface area contributed by atoms with Crippen molar-refractivity contribution in [3.63, 3.8) is 0 Å². The van der Waals surface area contributed by atoms with E-state index < -0.39 is 0 Å². The van der Waals surface area contributed by atoms with Gasteiger partial charge in [0.15, 0.2) is 0 Å². The van der Waals surface area contributed by atoms with Crippen molar-refractivity contribution in [1.29, 1.82) is 0 Å². The molecule has 3 heteroatoms. The van der Waals surface area contributed by atoms with Crippen LogP contribution in [0.1, 0.15) is 30.0 Å². The first-order valence-electron chi connectivity index (χ1n) is 5.57. The van der Waals surface area contributed by atoms with Crippen LogP contribution in [0.15, 0.2) is 24.3 Å². The lowest BCUT2D eigenvalue weighted by molar-refractivity contribution is 0.369. The van der Waals surface area contributed by atoms with Crippen molar-refractivity contribution in [2.45, 2.75) is 31.5 Å². The van der Waals surface area contributed by atoms with Crippen molar-refractivity contribution in [2.24, 2.45) is 11.5 Å². The summed E-state index contributed by atoms with van der Waals surface area (Å²) in [4.78, 5) is 0. The van der Waals surface area contributed by atoms with E-state index in [1.807, 2.05) is 0 Å². The number of nitrogens with two attached hydrogens (primary N) is 2. The molecule has 3 nitrogen and oxygen atoms in total. The number of piperidine rings is 1. The second-order valence-corrected chi connectivity index (χ2v) is 4.24. The summed E-state index contributed by atoms with van der Waals surface area (Å²) in [6, 6.07) is 9.19. The van der Waals surface area contributed by atoms with Crippen molar-refractivity contribution >= 4 is 0 Å². The smallest absolute Gasteiger partial charge is 0.0335 e. The molecule has 2 rings (SSSR count). The molecule has 1 aromatic carbocycles. The lowest BCUT2D eigenvalue weighted by atomic mass is 9.93. The molecule has 15 heavy (non-hydrogen) atoms. The molecule has 0 aliphatic carbocycles. The molecule has 0 radical (unpaired) electrons. The van der Waals surface area contributed by atoms with E-state index in [-0.39, 0.29) is 0 Å². The van der Waals surface area contributed by atoms with E-state index in [0.717, 1.165) is 19.4 Å². The van der Waals surface area contributed by atoms with Gasteiger partial charge in [0.2, 0.25) is 0 Å². The lowest BCUT2D eigenvalue weighted by Gasteiger charge is -2.28. The molecule has 0 bridgehead atoms. The van der Waals surface area contributed by atoms with Gasteiger partial charge < -0.3 is 16.8 Å². The molecular weight excluding hydrogens is 186 g/mol. The summed E-state index contributed by atoms with van der Waals surface area (Å²) in [6.45, 7) is 1.62. The standard InChI is InChI=1S/C12H19N3/c13-8-9-2-1-3-10(6-9)12-7-11(14)4-5-15-12/h1-3,6,11-12,15H,4-5,7-8,13-14H2. The van der Waals surface area contributed by atoms with Crippen LogP contribution in [0, 0.1) is 0 Å². The Morgan fingerprint density at radius 1 is 1.40 bits per heavy atom. The average Bonchev–Trinajstić information content (AvgIpc) is 2.29. The highest BCUT2D eigenvalue weighted by molar-refractivity contribution is 5.26. The zero-order valence-corrected chi connectivity index (χ0v) is 8.95. The summed E-state index contributed by atoms with van der Waals surface area (Å²) in [7, 11) is 0. The van der Waals surface area contributed by atoms with Crippen molar-refractivity contribution < 1.29 is 0 Å². The third-order valence-corrected chi connectivity index (χ3v) is 3.03. The number of hydrogen-bond acceptors (Lipinski definition) is 3. The summed E-state index contributed by atoms with van der Waals surface area (Å²) in [5, 5.41) is 3.50. The summed E-state index contributed by atoms with van der Waals surface area (Å²) in [5.74, 6) is 0. The fourth-order valence-electron chi connectivity index (χ4n) is 2.14. The van der Waals surface area contributed by atoms with Crippen molar-refractivity contribution in [1.82, 2.24) is 5.32 Å². The minimum Gasteiger partial charge on any atom is -0.328 e. The summed E-state index contributed by atoms with van der Waals surface area (Å²) < 4.78 is 0. The molecule has 0 saturated carbocycles. The second kappa shape index (κ2) is 4.75. The van der Waals surface area contributed by atoms with E-state index in [2.05, 4.69) is 29.6 Å². The van der Waals surface area contributed by atoms with Gasteiger partial charge in [-0.25, -0.2) is 0 Å². The van der Waals surface area contributed by atoms with Crippen LogP contribution < -0.4 is 16.8 Å². The molecule has 0 spiro atoms. The molecule has 1 fully saturated rings. The Balaban J connectivity index is 2.13. The normalized spacial score (nSPS) is 26.5. The van der Waals surface area contributed by atoms with Gasteiger partial charge in [-0.1, -0.05) is 24.3 Å². The number of hydrogen-bond donors (Lipinski definition) is 3. The first-order valence-corrected chi connectivity index (χ1v) is 5.57. The van der Waals surface area contributed by atoms with Crippen LogP contribution in [-0.2, 0) is 6.54 Å². The van der Waals surface area contributed by atoms with E-state index in [4.69, 9.17) is 11.5 Å². The zero-order chi connectivity index (χ0) is 10.7. The highest BCUT2D eigenvalue weighted by Crippen LogP contribution is 2.22. The highest BCUT2D eigenvalue weighted by Gasteiger charge is 2.19. The Labute approximate surface area is 90.8 Å². The maximum Gasteiger partial charge on any atom is 0.0335 e. The molecule has 5 N–H and O–H groups in total. The van der Waals surface area contributed by atoms with Gasteiger partial charge in [-0.3, -0.25) is 0 Å². The SMILES string of the molecule is NCc1cccc(C2CC(N)CCN2)c1. The van der Waals surface area contributed by atoms with E-state index in [1.165, 1.54) is 11.1 Å². The van der Waals surface area contributed by atoms with Crippen LogP contribution in [0.2, 0.25) is 0 Å². The van der Waals surface area contributed by atoms with Gasteiger partial charge in [0.1, 0.15) is 0 Å². The third-order valence-electron chi connectivity index (χ3n) is 3.03. The fraction of sp³-hybridized carbons (Fsp3) is 0.500. The summed E-state index contributed by atoms with van der Waals surface area (Å²) >= 11 is 0. The van der Waals surface area contributed by atoms with E-state index in [0.29, 0.717) is 18.6 Å². The monoisotopic (exact) mass is 205 g/mol. The van der Waals surface area contributed by atoms with Crippen LogP contribution in [0.25, 0.3) is 0 Å². The van der Waals surface area contributed by atoms with Crippen LogP contribution >= 0.6 is 0 Å². The predicted octanol–water partition coefficient (Wildman–Crippen LogP) is 0.897. The van der Waals surface area contributed by atoms with Crippen LogP contribution in [0.3, 0.4) is 0 Å². The van der Waals surface area contributed by atoms with Crippen molar-refractivity contribution in [3.8, 4) is 0 Å². The van der Waals surface area contributed by atoms with Gasteiger partial charge in [0.25, 0.3) is 0 Å². The lowest BCUT2D eigenvalue weighted by Crippen LogP contribution is -2.38.